The number of hydrogen-bond acceptors (Lipinski definition) is 21. The number of aliphatic hydroxyl groups excluding tert-OH is 1. The Bertz CT molecular complexity index is 2600. The number of alkyl carbamates (subject to hydrolysis) is 1. The van der Waals surface area contributed by atoms with Gasteiger partial charge in [-0.15, -0.1) is 0 Å². The van der Waals surface area contributed by atoms with Gasteiger partial charge in [-0.25, -0.2) is 9.59 Å². The average Bonchev–Trinajstić information content (AvgIpc) is 3.75. The van der Waals surface area contributed by atoms with Gasteiger partial charge in [-0.2, -0.15) is 0 Å². The van der Waals surface area contributed by atoms with Crippen LogP contribution in [0.25, 0.3) is 0 Å². The van der Waals surface area contributed by atoms with E-state index in [9.17, 15) is 48.8 Å². The van der Waals surface area contributed by atoms with E-state index in [0.717, 1.165) is 14.0 Å². The number of nitrogens with one attached hydrogen (secondary N) is 1. The van der Waals surface area contributed by atoms with Crippen LogP contribution in [0.3, 0.4) is 0 Å². The number of carbonyl (C=O) groups is 8. The summed E-state index contributed by atoms with van der Waals surface area (Å²) in [5, 5.41) is 27.4. The number of amides is 1. The fourth-order valence-corrected chi connectivity index (χ4v) is 13.4. The highest BCUT2D eigenvalue weighted by atomic mass is 16.7. The third kappa shape index (κ3) is 11.5. The van der Waals surface area contributed by atoms with Gasteiger partial charge in [0.1, 0.15) is 36.7 Å². The normalized spacial score (nSPS) is 40.1. The van der Waals surface area contributed by atoms with Crippen molar-refractivity contribution >= 4 is 48.0 Å². The van der Waals surface area contributed by atoms with Crippen molar-refractivity contribution in [2.75, 3.05) is 13.7 Å². The summed E-state index contributed by atoms with van der Waals surface area (Å²) in [5.41, 5.74) is -5.12. The van der Waals surface area contributed by atoms with Crippen LogP contribution in [0.4, 0.5) is 4.79 Å². The van der Waals surface area contributed by atoms with Crippen molar-refractivity contribution in [1.29, 1.82) is 0 Å². The summed E-state index contributed by atoms with van der Waals surface area (Å²) >= 11 is 0. The van der Waals surface area contributed by atoms with Gasteiger partial charge in [-0.05, 0) is 68.6 Å². The van der Waals surface area contributed by atoms with E-state index < -0.39 is 166 Å². The van der Waals surface area contributed by atoms with E-state index in [1.807, 2.05) is 39.0 Å². The Hall–Kier alpha value is -6.14. The van der Waals surface area contributed by atoms with Crippen molar-refractivity contribution in [2.24, 2.45) is 40.9 Å². The number of ether oxygens (including phenoxy) is 10. The summed E-state index contributed by atoms with van der Waals surface area (Å²) in [4.78, 5) is 119. The summed E-state index contributed by atoms with van der Waals surface area (Å²) in [6.45, 7) is 16.4. The molecule has 1 saturated carbocycles. The van der Waals surface area contributed by atoms with E-state index in [0.29, 0.717) is 23.9 Å². The van der Waals surface area contributed by atoms with Crippen LogP contribution < -0.4 is 5.32 Å². The maximum atomic E-state index is 16.3. The fourth-order valence-electron chi connectivity index (χ4n) is 13.4. The highest BCUT2D eigenvalue weighted by Gasteiger charge is 2.65. The van der Waals surface area contributed by atoms with Crippen LogP contribution >= 0.6 is 0 Å². The first-order valence-corrected chi connectivity index (χ1v) is 26.3. The Labute approximate surface area is 451 Å². The molecule has 23 heteroatoms. The molecule has 2 saturated heterocycles. The molecule has 3 aliphatic heterocycles. The molecule has 0 aromatic heterocycles. The van der Waals surface area contributed by atoms with Crippen molar-refractivity contribution in [3.05, 3.63) is 68.5 Å². The Morgan fingerprint density at radius 3 is 2.19 bits per heavy atom. The van der Waals surface area contributed by atoms with Gasteiger partial charge in [0.2, 0.25) is 5.54 Å². The zero-order valence-corrected chi connectivity index (χ0v) is 46.0. The second kappa shape index (κ2) is 23.3. The van der Waals surface area contributed by atoms with Crippen molar-refractivity contribution in [1.82, 2.24) is 5.32 Å². The molecule has 1 spiro atoms. The van der Waals surface area contributed by atoms with Crippen LogP contribution in [-0.4, -0.2) is 144 Å². The number of allylic oxidation sites excluding steroid dienone is 2. The van der Waals surface area contributed by atoms with Gasteiger partial charge < -0.3 is 57.8 Å². The number of nitro groups is 1. The highest BCUT2D eigenvalue weighted by molar-refractivity contribution is 6.22. The molecule has 0 unspecified atom stereocenters. The minimum Gasteiger partial charge on any atom is -0.463 e. The van der Waals surface area contributed by atoms with Crippen LogP contribution in [0.1, 0.15) is 108 Å². The quantitative estimate of drug-likeness (QED) is 0.0505. The Balaban J connectivity index is 1.37. The van der Waals surface area contributed by atoms with Crippen molar-refractivity contribution in [3.8, 4) is 0 Å². The number of carbonyl (C=O) groups excluding carboxylic acids is 8. The third-order valence-corrected chi connectivity index (χ3v) is 16.8. The number of aliphatic hydroxyl groups is 1. The molecule has 1 amide bonds. The van der Waals surface area contributed by atoms with Crippen LogP contribution in [0.2, 0.25) is 0 Å². The maximum Gasteiger partial charge on any atom is 0.407 e. The van der Waals surface area contributed by atoms with Crippen molar-refractivity contribution < 1.29 is 95.8 Å². The Morgan fingerprint density at radius 1 is 0.885 bits per heavy atom. The Morgan fingerprint density at radius 2 is 1.58 bits per heavy atom. The van der Waals surface area contributed by atoms with E-state index in [1.54, 1.807) is 26.8 Å². The largest absolute Gasteiger partial charge is 0.463 e. The summed E-state index contributed by atoms with van der Waals surface area (Å²) < 4.78 is 59.8. The fraction of sp³-hybridized carbons (Fsp3) is 0.673. The standard InChI is InChI=1S/C55H72N2O21/c1-25-13-16-39(75-43-22-53(10,57(67)68)48(29(5)71-43)56-52(66)69-12)26(2)18-37-38(63)19-34(23-58)21-55(37)50(74-33(9)62)44(51(65)78-55)49(64)54(11)36(25)15-14-35-45(54)27(3)17-28(4)46(35)77-42-20-40(72-31(7)60)47(73-32(8)61)41(76-42)24-70-30(6)59/h13-15,18-19,23,27-29,35-43,45-48,63H,16-17,20-22,24H2,1-12H3,(H,56,66)/b25-13+,26-18?/t27-,28-,29+,35-,36-,37+,38-,39-,40+,41+,42+,43-,45+,46-,47-,48-,53-,54+,55-/m0/s1. The number of nitrogens with zero attached hydrogens (tertiary/aromatic N) is 1. The van der Waals surface area contributed by atoms with Gasteiger partial charge in [-0.1, -0.05) is 50.6 Å². The minimum atomic E-state index is -2.15. The average molecular weight is 1100 g/mol. The van der Waals surface area contributed by atoms with E-state index in [4.69, 9.17) is 47.4 Å². The van der Waals surface area contributed by atoms with E-state index in [2.05, 4.69) is 5.32 Å². The smallest absolute Gasteiger partial charge is 0.407 e. The van der Waals surface area contributed by atoms with Crippen molar-refractivity contribution in [3.63, 3.8) is 0 Å². The lowest BCUT2D eigenvalue weighted by atomic mass is 9.48. The molecule has 23 nitrogen and oxygen atoms in total. The van der Waals surface area contributed by atoms with Crippen LogP contribution in [0, 0.1) is 51.0 Å². The second-order valence-corrected chi connectivity index (χ2v) is 22.3. The molecule has 0 aromatic carbocycles. The number of esters is 5. The number of Topliss-reactive ketones (excluding diaryl/α,β-unsaturated/α-hetero) is 1. The Kier molecular flexibility index (Phi) is 17.8. The van der Waals surface area contributed by atoms with Crippen LogP contribution in [0.5, 0.6) is 0 Å². The molecule has 19 atom stereocenters. The van der Waals surface area contributed by atoms with E-state index >= 15 is 4.79 Å². The summed E-state index contributed by atoms with van der Waals surface area (Å²) in [6.07, 6.45) is -2.32. The molecule has 78 heavy (non-hydrogen) atoms. The molecular formula is C55H72N2O21. The van der Waals surface area contributed by atoms with Gasteiger partial charge in [-0.3, -0.25) is 38.9 Å². The van der Waals surface area contributed by atoms with E-state index in [-0.39, 0.29) is 43.3 Å². The predicted molar refractivity (Wildman–Crippen MR) is 268 cm³/mol. The van der Waals surface area contributed by atoms with Gasteiger partial charge in [0, 0.05) is 69.6 Å². The van der Waals surface area contributed by atoms with Crippen LogP contribution in [0.15, 0.2) is 58.4 Å². The minimum absolute atomic E-state index is 0.0147. The first-order valence-electron chi connectivity index (χ1n) is 26.3. The second-order valence-electron chi connectivity index (χ2n) is 22.3. The molecule has 3 fully saturated rings. The lowest BCUT2D eigenvalue weighted by Gasteiger charge is -2.56. The first kappa shape index (κ1) is 59.5. The van der Waals surface area contributed by atoms with Gasteiger partial charge in [0.15, 0.2) is 35.8 Å². The predicted octanol–water partition coefficient (Wildman–Crippen LogP) is 4.78. The zero-order chi connectivity index (χ0) is 57.5. The molecular weight excluding hydrogens is 1020 g/mol. The van der Waals surface area contributed by atoms with E-state index in [1.165, 1.54) is 33.8 Å². The summed E-state index contributed by atoms with van der Waals surface area (Å²) in [5.74, 6) is -9.23. The number of rotatable bonds is 12. The number of ketones is 1. The molecule has 7 rings (SSSR count). The zero-order valence-electron chi connectivity index (χ0n) is 46.0. The number of aldehydes is 1. The number of methoxy groups -OCH3 is 1. The van der Waals surface area contributed by atoms with Gasteiger partial charge in [0.25, 0.3) is 0 Å². The molecule has 0 radical (unpaired) electrons. The highest BCUT2D eigenvalue weighted by Crippen LogP contribution is 2.60. The number of fused-ring (bicyclic) bond motifs is 3. The molecule has 2 N–H and O–H groups in total. The maximum absolute atomic E-state index is 16.3. The van der Waals surface area contributed by atoms with Gasteiger partial charge >= 0.3 is 35.9 Å². The topological polar surface area (TPSA) is 304 Å². The number of hydrogen-bond donors (Lipinski definition) is 2. The molecule has 7 aliphatic rings. The SMILES string of the molecule is COC(=O)N[C@H]1[C@@H](C)O[C@@H](O[C@H]2C/C=C(\C)[C@@H]3C=C[C@@H]4[C@@H](O[C@@H]5C[C@@H](OC(C)=O)[C@H](OC(C)=O)[C@@H](COC(C)=O)O5)[C@@H](C)C[C@H](C)[C@H]4[C@]3(C)C(=O)C3=C(OC(C)=O)[C@@]4(CC(C=O)=C[C@H](O)[C@H]4C=C2C)OC3=O)C[C@]1(C)[N+](=O)[O-]. The van der Waals surface area contributed by atoms with Crippen LogP contribution in [-0.2, 0) is 80.9 Å². The summed E-state index contributed by atoms with van der Waals surface area (Å²) in [7, 11) is 1.13. The first-order chi connectivity index (χ1) is 36.6. The third-order valence-electron chi connectivity index (χ3n) is 16.8. The molecule has 3 heterocycles. The lowest BCUT2D eigenvalue weighted by molar-refractivity contribution is -0.584. The van der Waals surface area contributed by atoms with Gasteiger partial charge in [0.05, 0.1) is 43.9 Å². The monoisotopic (exact) mass is 1100 g/mol. The summed E-state index contributed by atoms with van der Waals surface area (Å²) in [6, 6.07) is -1.14. The van der Waals surface area contributed by atoms with Crippen molar-refractivity contribution in [2.45, 2.75) is 181 Å². The lowest BCUT2D eigenvalue weighted by Crippen LogP contribution is -2.65. The molecule has 428 valence electrons. The molecule has 0 aromatic rings. The molecule has 4 aliphatic carbocycles. The molecule has 2 bridgehead atoms.